The number of carbonyl (C=O) groups excluding carboxylic acids is 1. The molecule has 0 bridgehead atoms. The molecule has 1 saturated heterocycles. The lowest BCUT2D eigenvalue weighted by Gasteiger charge is -2.32. The number of rotatable bonds is 4. The summed E-state index contributed by atoms with van der Waals surface area (Å²) in [6, 6.07) is 14.5. The maximum Gasteiger partial charge on any atom is 0.164 e. The SMILES string of the molecule is CC(CC(=O)c1ccc2ccccc2c1)N1CCNCC1. The lowest BCUT2D eigenvalue weighted by atomic mass is 10.00. The first-order valence-electron chi connectivity index (χ1n) is 7.71. The largest absolute Gasteiger partial charge is 0.314 e. The summed E-state index contributed by atoms with van der Waals surface area (Å²) in [6.45, 7) is 6.27. The van der Waals surface area contributed by atoms with Gasteiger partial charge in [-0.25, -0.2) is 0 Å². The van der Waals surface area contributed by atoms with E-state index in [-0.39, 0.29) is 5.78 Å². The van der Waals surface area contributed by atoms with Crippen molar-refractivity contribution in [3.8, 4) is 0 Å². The molecule has 1 fully saturated rings. The smallest absolute Gasteiger partial charge is 0.164 e. The highest BCUT2D eigenvalue weighted by Crippen LogP contribution is 2.18. The molecule has 1 unspecified atom stereocenters. The van der Waals surface area contributed by atoms with Crippen LogP contribution < -0.4 is 5.32 Å². The predicted octanol–water partition coefficient (Wildman–Crippen LogP) is 2.71. The van der Waals surface area contributed by atoms with Crippen molar-refractivity contribution in [1.82, 2.24) is 10.2 Å². The molecule has 1 aliphatic rings. The summed E-state index contributed by atoms with van der Waals surface area (Å²) >= 11 is 0. The maximum atomic E-state index is 12.5. The van der Waals surface area contributed by atoms with Crippen LogP contribution in [0.4, 0.5) is 0 Å². The van der Waals surface area contributed by atoms with E-state index in [2.05, 4.69) is 29.3 Å². The molecule has 3 nitrogen and oxygen atoms in total. The first-order chi connectivity index (χ1) is 10.2. The third kappa shape index (κ3) is 3.31. The van der Waals surface area contributed by atoms with E-state index < -0.39 is 0 Å². The molecule has 3 rings (SSSR count). The lowest BCUT2D eigenvalue weighted by Crippen LogP contribution is -2.48. The van der Waals surface area contributed by atoms with Crippen molar-refractivity contribution in [3.63, 3.8) is 0 Å². The fourth-order valence-electron chi connectivity index (χ4n) is 3.00. The zero-order valence-electron chi connectivity index (χ0n) is 12.5. The Hall–Kier alpha value is -1.71. The third-order valence-electron chi connectivity index (χ3n) is 4.33. The number of hydrogen-bond acceptors (Lipinski definition) is 3. The zero-order valence-corrected chi connectivity index (χ0v) is 12.5. The second-order valence-corrected chi connectivity index (χ2v) is 5.82. The number of nitrogens with zero attached hydrogens (tertiary/aromatic N) is 1. The molecule has 1 aliphatic heterocycles. The number of ketones is 1. The molecular weight excluding hydrogens is 260 g/mol. The molecule has 2 aromatic rings. The number of fused-ring (bicyclic) bond motifs is 1. The third-order valence-corrected chi connectivity index (χ3v) is 4.33. The molecular formula is C18H22N2O. The van der Waals surface area contributed by atoms with Gasteiger partial charge in [0.1, 0.15) is 0 Å². The van der Waals surface area contributed by atoms with Crippen molar-refractivity contribution in [2.45, 2.75) is 19.4 Å². The Morgan fingerprint density at radius 1 is 1.14 bits per heavy atom. The van der Waals surface area contributed by atoms with Crippen molar-refractivity contribution >= 4 is 16.6 Å². The molecule has 110 valence electrons. The van der Waals surface area contributed by atoms with Gasteiger partial charge in [-0.05, 0) is 23.8 Å². The summed E-state index contributed by atoms with van der Waals surface area (Å²) in [5.74, 6) is 0.242. The average Bonchev–Trinajstić information content (AvgIpc) is 2.55. The van der Waals surface area contributed by atoms with E-state index in [1.165, 1.54) is 5.39 Å². The van der Waals surface area contributed by atoms with Gasteiger partial charge in [-0.15, -0.1) is 0 Å². The van der Waals surface area contributed by atoms with E-state index in [9.17, 15) is 4.79 Å². The Bertz CT molecular complexity index is 632. The fourth-order valence-corrected chi connectivity index (χ4v) is 3.00. The van der Waals surface area contributed by atoms with Gasteiger partial charge in [-0.2, -0.15) is 0 Å². The van der Waals surface area contributed by atoms with E-state index in [0.717, 1.165) is 37.1 Å². The zero-order chi connectivity index (χ0) is 14.7. The number of carbonyl (C=O) groups is 1. The quantitative estimate of drug-likeness (QED) is 0.875. The van der Waals surface area contributed by atoms with Gasteiger partial charge >= 0.3 is 0 Å². The second kappa shape index (κ2) is 6.37. The Morgan fingerprint density at radius 3 is 2.62 bits per heavy atom. The Kier molecular flexibility index (Phi) is 4.32. The van der Waals surface area contributed by atoms with Gasteiger partial charge in [0, 0.05) is 44.2 Å². The van der Waals surface area contributed by atoms with Crippen molar-refractivity contribution in [3.05, 3.63) is 48.0 Å². The summed E-state index contributed by atoms with van der Waals surface area (Å²) in [5, 5.41) is 5.67. The van der Waals surface area contributed by atoms with Crippen LogP contribution in [0.3, 0.4) is 0 Å². The van der Waals surface area contributed by atoms with E-state index in [1.807, 2.05) is 30.3 Å². The first kappa shape index (κ1) is 14.2. The summed E-state index contributed by atoms with van der Waals surface area (Å²) in [6.07, 6.45) is 0.596. The van der Waals surface area contributed by atoms with Gasteiger partial charge in [0.25, 0.3) is 0 Å². The van der Waals surface area contributed by atoms with Crippen LogP contribution in [0.1, 0.15) is 23.7 Å². The van der Waals surface area contributed by atoms with Crippen LogP contribution in [0.25, 0.3) is 10.8 Å². The maximum absolute atomic E-state index is 12.5. The van der Waals surface area contributed by atoms with Crippen molar-refractivity contribution in [2.24, 2.45) is 0 Å². The number of nitrogens with one attached hydrogen (secondary N) is 1. The minimum Gasteiger partial charge on any atom is -0.314 e. The normalized spacial score (nSPS) is 17.8. The van der Waals surface area contributed by atoms with Crippen LogP contribution in [-0.2, 0) is 0 Å². The van der Waals surface area contributed by atoms with Gasteiger partial charge in [0.05, 0.1) is 0 Å². The van der Waals surface area contributed by atoms with Crippen LogP contribution in [-0.4, -0.2) is 42.9 Å². The number of Topliss-reactive ketones (excluding diaryl/α,β-unsaturated/α-hetero) is 1. The molecule has 0 aromatic heterocycles. The number of benzene rings is 2. The average molecular weight is 282 g/mol. The lowest BCUT2D eigenvalue weighted by molar-refractivity contribution is 0.0918. The molecule has 2 aromatic carbocycles. The van der Waals surface area contributed by atoms with Crippen LogP contribution in [0.2, 0.25) is 0 Å². The summed E-state index contributed by atoms with van der Waals surface area (Å²) in [7, 11) is 0. The molecule has 21 heavy (non-hydrogen) atoms. The highest BCUT2D eigenvalue weighted by atomic mass is 16.1. The Morgan fingerprint density at radius 2 is 1.86 bits per heavy atom. The molecule has 1 heterocycles. The van der Waals surface area contributed by atoms with Crippen LogP contribution in [0, 0.1) is 0 Å². The summed E-state index contributed by atoms with van der Waals surface area (Å²) in [4.78, 5) is 14.9. The molecule has 0 aliphatic carbocycles. The molecule has 0 radical (unpaired) electrons. The monoisotopic (exact) mass is 282 g/mol. The van der Waals surface area contributed by atoms with Crippen LogP contribution in [0.5, 0.6) is 0 Å². The van der Waals surface area contributed by atoms with E-state index in [4.69, 9.17) is 0 Å². The van der Waals surface area contributed by atoms with E-state index in [0.29, 0.717) is 12.5 Å². The highest BCUT2D eigenvalue weighted by Gasteiger charge is 2.19. The van der Waals surface area contributed by atoms with Gasteiger partial charge in [-0.3, -0.25) is 9.69 Å². The molecule has 1 N–H and O–H groups in total. The van der Waals surface area contributed by atoms with Crippen molar-refractivity contribution < 1.29 is 4.79 Å². The molecule has 0 spiro atoms. The second-order valence-electron chi connectivity index (χ2n) is 5.82. The minimum absolute atomic E-state index is 0.242. The van der Waals surface area contributed by atoms with Gasteiger partial charge in [0.15, 0.2) is 5.78 Å². The number of piperazine rings is 1. The van der Waals surface area contributed by atoms with E-state index in [1.54, 1.807) is 0 Å². The van der Waals surface area contributed by atoms with Crippen LogP contribution >= 0.6 is 0 Å². The summed E-state index contributed by atoms with van der Waals surface area (Å²) < 4.78 is 0. The minimum atomic E-state index is 0.242. The Balaban J connectivity index is 1.71. The van der Waals surface area contributed by atoms with Gasteiger partial charge in [0.2, 0.25) is 0 Å². The molecule has 3 heteroatoms. The number of hydrogen-bond donors (Lipinski definition) is 1. The highest BCUT2D eigenvalue weighted by molar-refractivity contribution is 6.00. The molecule has 0 amide bonds. The van der Waals surface area contributed by atoms with E-state index >= 15 is 0 Å². The van der Waals surface area contributed by atoms with Crippen LogP contribution in [0.15, 0.2) is 42.5 Å². The topological polar surface area (TPSA) is 32.3 Å². The molecule has 1 atom stereocenters. The van der Waals surface area contributed by atoms with Gasteiger partial charge in [-0.1, -0.05) is 36.4 Å². The van der Waals surface area contributed by atoms with Crippen molar-refractivity contribution in [1.29, 1.82) is 0 Å². The van der Waals surface area contributed by atoms with Crippen molar-refractivity contribution in [2.75, 3.05) is 26.2 Å². The molecule has 0 saturated carbocycles. The summed E-state index contributed by atoms with van der Waals surface area (Å²) in [5.41, 5.74) is 0.829. The predicted molar refractivity (Wildman–Crippen MR) is 86.8 cm³/mol. The Labute approximate surface area is 125 Å². The first-order valence-corrected chi connectivity index (χ1v) is 7.71. The fraction of sp³-hybridized carbons (Fsp3) is 0.389. The van der Waals surface area contributed by atoms with Gasteiger partial charge < -0.3 is 5.32 Å². The standard InChI is InChI=1S/C18H22N2O/c1-14(20-10-8-19-9-11-20)12-18(21)17-7-6-15-4-2-3-5-16(15)13-17/h2-7,13-14,19H,8-12H2,1H3.